The maximum absolute atomic E-state index is 4.46. The van der Waals surface area contributed by atoms with Crippen molar-refractivity contribution >= 4 is 22.1 Å². The van der Waals surface area contributed by atoms with E-state index in [4.69, 9.17) is 0 Å². The summed E-state index contributed by atoms with van der Waals surface area (Å²) in [6, 6.07) is 12.8. The van der Waals surface area contributed by atoms with Crippen LogP contribution in [0.1, 0.15) is 12.8 Å². The van der Waals surface area contributed by atoms with E-state index in [1.54, 1.807) is 0 Å². The molecular weight excluding hydrogens is 298 g/mol. The fourth-order valence-corrected chi connectivity index (χ4v) is 3.04. The Bertz CT molecular complexity index is 732. The standard InChI is InChI=1S/C19H25N5/c1-20-11-14-23(2)15-21-22-18-9-10-19(24-12-5-6-13-24)17-8-4-3-7-16(17)18/h3-4,7-11,14,20H,5-6,12-13,15H2,1-2H3/b14-11-,22-21?. The average Bonchev–Trinajstić information content (AvgIpc) is 3.14. The SMILES string of the molecule is CN/C=C\N(C)CN=Nc1ccc(N2CCCC2)c2ccccc12. The van der Waals surface area contributed by atoms with Gasteiger partial charge in [-0.1, -0.05) is 24.3 Å². The zero-order valence-corrected chi connectivity index (χ0v) is 14.4. The molecule has 0 aromatic heterocycles. The lowest BCUT2D eigenvalue weighted by atomic mass is 10.1. The van der Waals surface area contributed by atoms with Crippen LogP contribution in [0.15, 0.2) is 59.0 Å². The van der Waals surface area contributed by atoms with Gasteiger partial charge in [0.2, 0.25) is 0 Å². The molecule has 0 amide bonds. The number of hydrogen-bond acceptors (Lipinski definition) is 5. The van der Waals surface area contributed by atoms with Crippen LogP contribution < -0.4 is 10.2 Å². The van der Waals surface area contributed by atoms with E-state index in [1.165, 1.54) is 29.3 Å². The number of nitrogens with one attached hydrogen (secondary N) is 1. The van der Waals surface area contributed by atoms with E-state index in [0.717, 1.165) is 18.8 Å². The lowest BCUT2D eigenvalue weighted by Gasteiger charge is -2.20. The number of nitrogens with zero attached hydrogens (tertiary/aromatic N) is 4. The van der Waals surface area contributed by atoms with Crippen LogP contribution in [0.2, 0.25) is 0 Å². The third-order valence-corrected chi connectivity index (χ3v) is 4.29. The molecule has 1 heterocycles. The number of anilines is 1. The van der Waals surface area contributed by atoms with Crippen LogP contribution in [0.3, 0.4) is 0 Å². The highest BCUT2D eigenvalue weighted by Gasteiger charge is 2.15. The van der Waals surface area contributed by atoms with Crippen LogP contribution in [0.5, 0.6) is 0 Å². The Hall–Kier alpha value is -2.56. The Morgan fingerprint density at radius 1 is 1.12 bits per heavy atom. The van der Waals surface area contributed by atoms with Gasteiger partial charge < -0.3 is 15.1 Å². The molecule has 0 bridgehead atoms. The molecule has 0 unspecified atom stereocenters. The second-order valence-electron chi connectivity index (χ2n) is 6.09. The van der Waals surface area contributed by atoms with E-state index in [1.807, 2.05) is 31.4 Å². The molecule has 0 aliphatic carbocycles. The average molecular weight is 323 g/mol. The Morgan fingerprint density at radius 3 is 2.62 bits per heavy atom. The Balaban J connectivity index is 1.84. The molecule has 1 aliphatic heterocycles. The van der Waals surface area contributed by atoms with Crippen LogP contribution >= 0.6 is 0 Å². The monoisotopic (exact) mass is 323 g/mol. The van der Waals surface area contributed by atoms with Crippen molar-refractivity contribution in [3.05, 3.63) is 48.8 Å². The van der Waals surface area contributed by atoms with E-state index >= 15 is 0 Å². The fourth-order valence-electron chi connectivity index (χ4n) is 3.04. The molecular formula is C19H25N5. The molecule has 1 N–H and O–H groups in total. The Morgan fingerprint density at radius 2 is 1.88 bits per heavy atom. The van der Waals surface area contributed by atoms with Crippen LogP contribution in [-0.4, -0.2) is 38.8 Å². The molecule has 1 fully saturated rings. The van der Waals surface area contributed by atoms with Gasteiger partial charge in [0.05, 0.1) is 5.69 Å². The lowest BCUT2D eigenvalue weighted by molar-refractivity contribution is 0.460. The first-order valence-electron chi connectivity index (χ1n) is 8.48. The van der Waals surface area contributed by atoms with Gasteiger partial charge in [-0.15, -0.1) is 0 Å². The highest BCUT2D eigenvalue weighted by molar-refractivity contribution is 6.01. The first-order valence-corrected chi connectivity index (χ1v) is 8.48. The molecule has 0 saturated carbocycles. The molecule has 5 nitrogen and oxygen atoms in total. The molecule has 2 aromatic rings. The summed E-state index contributed by atoms with van der Waals surface area (Å²) in [4.78, 5) is 4.44. The Kier molecular flexibility index (Phi) is 5.31. The van der Waals surface area contributed by atoms with E-state index in [9.17, 15) is 0 Å². The third kappa shape index (κ3) is 3.67. The topological polar surface area (TPSA) is 43.2 Å². The zero-order chi connectivity index (χ0) is 16.8. The summed E-state index contributed by atoms with van der Waals surface area (Å²) >= 11 is 0. The van der Waals surface area contributed by atoms with Crippen molar-refractivity contribution in [1.82, 2.24) is 10.2 Å². The number of benzene rings is 2. The van der Waals surface area contributed by atoms with Gasteiger partial charge in [-0.05, 0) is 25.0 Å². The van der Waals surface area contributed by atoms with Crippen LogP contribution in [0.4, 0.5) is 11.4 Å². The molecule has 0 spiro atoms. The van der Waals surface area contributed by atoms with E-state index in [2.05, 4.69) is 56.8 Å². The van der Waals surface area contributed by atoms with Crippen molar-refractivity contribution in [2.24, 2.45) is 10.2 Å². The van der Waals surface area contributed by atoms with Gasteiger partial charge in [-0.3, -0.25) is 0 Å². The number of rotatable bonds is 6. The van der Waals surface area contributed by atoms with Crippen LogP contribution in [-0.2, 0) is 0 Å². The summed E-state index contributed by atoms with van der Waals surface area (Å²) in [7, 11) is 3.85. The molecule has 126 valence electrons. The molecule has 2 aromatic carbocycles. The molecule has 1 saturated heterocycles. The number of fused-ring (bicyclic) bond motifs is 1. The summed E-state index contributed by atoms with van der Waals surface area (Å²) in [6.45, 7) is 2.82. The normalized spacial score (nSPS) is 15.0. The minimum atomic E-state index is 0.528. The predicted molar refractivity (Wildman–Crippen MR) is 101 cm³/mol. The highest BCUT2D eigenvalue weighted by Crippen LogP contribution is 2.35. The smallest absolute Gasteiger partial charge is 0.131 e. The molecule has 1 aliphatic rings. The second kappa shape index (κ2) is 7.81. The van der Waals surface area contributed by atoms with E-state index in [-0.39, 0.29) is 0 Å². The van der Waals surface area contributed by atoms with E-state index in [0.29, 0.717) is 6.67 Å². The fraction of sp³-hybridized carbons (Fsp3) is 0.368. The molecule has 0 atom stereocenters. The predicted octanol–water partition coefficient (Wildman–Crippen LogP) is 4.10. The lowest BCUT2D eigenvalue weighted by Crippen LogP contribution is -2.17. The van der Waals surface area contributed by atoms with Gasteiger partial charge >= 0.3 is 0 Å². The minimum Gasteiger partial charge on any atom is -0.393 e. The van der Waals surface area contributed by atoms with Gasteiger partial charge in [0.1, 0.15) is 6.67 Å². The first-order chi connectivity index (χ1) is 11.8. The van der Waals surface area contributed by atoms with Crippen molar-refractivity contribution in [3.8, 4) is 0 Å². The number of azo groups is 1. The second-order valence-corrected chi connectivity index (χ2v) is 6.09. The largest absolute Gasteiger partial charge is 0.393 e. The molecule has 5 heteroatoms. The summed E-state index contributed by atoms with van der Waals surface area (Å²) in [5.41, 5.74) is 2.25. The Labute approximate surface area is 143 Å². The number of hydrogen-bond donors (Lipinski definition) is 1. The summed E-state index contributed by atoms with van der Waals surface area (Å²) in [5.74, 6) is 0. The maximum Gasteiger partial charge on any atom is 0.131 e. The molecule has 0 radical (unpaired) electrons. The third-order valence-electron chi connectivity index (χ3n) is 4.29. The van der Waals surface area contributed by atoms with Crippen molar-refractivity contribution in [2.45, 2.75) is 12.8 Å². The van der Waals surface area contributed by atoms with Crippen molar-refractivity contribution < 1.29 is 0 Å². The quantitative estimate of drug-likeness (QED) is 0.814. The summed E-state index contributed by atoms with van der Waals surface area (Å²) < 4.78 is 0. The van der Waals surface area contributed by atoms with Crippen LogP contribution in [0, 0.1) is 0 Å². The van der Waals surface area contributed by atoms with Gasteiger partial charge in [0, 0.05) is 56.0 Å². The summed E-state index contributed by atoms with van der Waals surface area (Å²) in [5, 5.41) is 14.2. The van der Waals surface area contributed by atoms with E-state index < -0.39 is 0 Å². The van der Waals surface area contributed by atoms with Gasteiger partial charge in [0.25, 0.3) is 0 Å². The van der Waals surface area contributed by atoms with Crippen molar-refractivity contribution in [3.63, 3.8) is 0 Å². The highest BCUT2D eigenvalue weighted by atomic mass is 15.2. The zero-order valence-electron chi connectivity index (χ0n) is 14.4. The summed E-state index contributed by atoms with van der Waals surface area (Å²) in [6.07, 6.45) is 6.37. The van der Waals surface area contributed by atoms with Crippen molar-refractivity contribution in [2.75, 3.05) is 38.8 Å². The van der Waals surface area contributed by atoms with Gasteiger partial charge in [-0.2, -0.15) is 10.2 Å². The minimum absolute atomic E-state index is 0.528. The van der Waals surface area contributed by atoms with Gasteiger partial charge in [0.15, 0.2) is 0 Å². The van der Waals surface area contributed by atoms with Gasteiger partial charge in [-0.25, -0.2) is 0 Å². The maximum atomic E-state index is 4.46. The molecule has 24 heavy (non-hydrogen) atoms. The molecule has 3 rings (SSSR count). The van der Waals surface area contributed by atoms with Crippen molar-refractivity contribution in [1.29, 1.82) is 0 Å². The first kappa shape index (κ1) is 16.3. The van der Waals surface area contributed by atoms with Crippen LogP contribution in [0.25, 0.3) is 10.8 Å².